The molecule has 4 aromatic rings. The maximum absolute atomic E-state index is 12.3. The molecule has 0 atom stereocenters. The predicted octanol–water partition coefficient (Wildman–Crippen LogP) is 5.75. The van der Waals surface area contributed by atoms with Crippen molar-refractivity contribution < 1.29 is 9.53 Å². The third-order valence-corrected chi connectivity index (χ3v) is 5.89. The van der Waals surface area contributed by atoms with E-state index in [0.717, 1.165) is 27.5 Å². The fraction of sp³-hybridized carbons (Fsp3) is 0.167. The summed E-state index contributed by atoms with van der Waals surface area (Å²) in [7, 11) is 0. The smallest absolute Gasteiger partial charge is 0.323 e. The highest BCUT2D eigenvalue weighted by Gasteiger charge is 2.11. The summed E-state index contributed by atoms with van der Waals surface area (Å²) in [5.41, 5.74) is 4.47. The Bertz CT molecular complexity index is 1290. The van der Waals surface area contributed by atoms with Crippen molar-refractivity contribution in [2.24, 2.45) is 0 Å². The number of benzene rings is 2. The highest BCUT2D eigenvalue weighted by atomic mass is 32.2. The fourth-order valence-corrected chi connectivity index (χ4v) is 3.63. The monoisotopic (exact) mass is 460 g/mol. The lowest BCUT2D eigenvalue weighted by Gasteiger charge is -2.10. The molecule has 4 rings (SSSR count). The van der Waals surface area contributed by atoms with E-state index >= 15 is 0 Å². The number of ether oxygens (including phenoxy) is 1. The van der Waals surface area contributed by atoms with Gasteiger partial charge in [0.1, 0.15) is 12.1 Å². The Balaban J connectivity index is 1.40. The van der Waals surface area contributed by atoms with Crippen molar-refractivity contribution in [1.29, 1.82) is 0 Å². The van der Waals surface area contributed by atoms with Crippen LogP contribution in [0.5, 0.6) is 11.6 Å². The van der Waals surface area contributed by atoms with Gasteiger partial charge >= 0.3 is 6.03 Å². The van der Waals surface area contributed by atoms with Crippen molar-refractivity contribution in [3.63, 3.8) is 0 Å². The summed E-state index contributed by atoms with van der Waals surface area (Å²) in [5, 5.41) is 10.2. The number of thioether (sulfide) groups is 1. The molecule has 2 aromatic heterocycles. The molecule has 0 spiro atoms. The van der Waals surface area contributed by atoms with E-state index in [2.05, 4.69) is 25.7 Å². The first-order valence-electron chi connectivity index (χ1n) is 10.3. The number of nitrogens with zero attached hydrogens (tertiary/aromatic N) is 4. The third-order valence-electron chi connectivity index (χ3n) is 5.16. The second kappa shape index (κ2) is 9.74. The third kappa shape index (κ3) is 5.32. The van der Waals surface area contributed by atoms with Gasteiger partial charge in [0.15, 0.2) is 5.82 Å². The first kappa shape index (κ1) is 22.3. The van der Waals surface area contributed by atoms with E-state index in [9.17, 15) is 4.79 Å². The van der Waals surface area contributed by atoms with E-state index in [1.54, 1.807) is 46.8 Å². The number of aryl methyl sites for hydroxylation is 1. The lowest BCUT2D eigenvalue weighted by Crippen LogP contribution is -2.19. The van der Waals surface area contributed by atoms with Gasteiger partial charge in [0.2, 0.25) is 5.88 Å². The van der Waals surface area contributed by atoms with Gasteiger partial charge in [0.25, 0.3) is 0 Å². The van der Waals surface area contributed by atoms with E-state index in [4.69, 9.17) is 4.74 Å². The summed E-state index contributed by atoms with van der Waals surface area (Å²) in [5.74, 6) is 1.62. The Morgan fingerprint density at radius 2 is 1.73 bits per heavy atom. The van der Waals surface area contributed by atoms with Crippen LogP contribution in [0.25, 0.3) is 5.82 Å². The highest BCUT2D eigenvalue weighted by molar-refractivity contribution is 7.98. The van der Waals surface area contributed by atoms with Crippen LogP contribution in [-0.2, 0) is 0 Å². The SMILES string of the molecule is CSc1cccc(NC(=O)Nc2ccc(Oc3cc(-n4nc(C)c(C)c4C)ncn3)cc2)c1. The van der Waals surface area contributed by atoms with Crippen LogP contribution in [-0.4, -0.2) is 32.0 Å². The quantitative estimate of drug-likeness (QED) is 0.356. The van der Waals surface area contributed by atoms with Crippen molar-refractivity contribution in [2.45, 2.75) is 25.7 Å². The molecule has 2 heterocycles. The van der Waals surface area contributed by atoms with Crippen molar-refractivity contribution in [2.75, 3.05) is 16.9 Å². The molecule has 0 aliphatic rings. The number of urea groups is 1. The van der Waals surface area contributed by atoms with E-state index in [0.29, 0.717) is 23.1 Å². The first-order valence-corrected chi connectivity index (χ1v) is 11.5. The molecule has 0 saturated heterocycles. The predicted molar refractivity (Wildman–Crippen MR) is 131 cm³/mol. The van der Waals surface area contributed by atoms with Crippen LogP contribution in [0.3, 0.4) is 0 Å². The molecule has 0 radical (unpaired) electrons. The van der Waals surface area contributed by atoms with Crippen molar-refractivity contribution in [3.05, 3.63) is 77.9 Å². The van der Waals surface area contributed by atoms with E-state index in [1.807, 2.05) is 51.3 Å². The number of amides is 2. The van der Waals surface area contributed by atoms with Crippen LogP contribution in [0.1, 0.15) is 17.0 Å². The van der Waals surface area contributed by atoms with Crippen LogP contribution < -0.4 is 15.4 Å². The largest absolute Gasteiger partial charge is 0.439 e. The number of aromatic nitrogens is 4. The number of nitrogens with one attached hydrogen (secondary N) is 2. The van der Waals surface area contributed by atoms with Gasteiger partial charge in [-0.15, -0.1) is 11.8 Å². The minimum absolute atomic E-state index is 0.317. The van der Waals surface area contributed by atoms with Gasteiger partial charge in [-0.25, -0.2) is 19.4 Å². The van der Waals surface area contributed by atoms with Gasteiger partial charge in [-0.3, -0.25) is 0 Å². The lowest BCUT2D eigenvalue weighted by atomic mass is 10.2. The van der Waals surface area contributed by atoms with E-state index in [1.165, 1.54) is 6.33 Å². The zero-order chi connectivity index (χ0) is 23.4. The summed E-state index contributed by atoms with van der Waals surface area (Å²) >= 11 is 1.62. The fourth-order valence-electron chi connectivity index (χ4n) is 3.17. The maximum atomic E-state index is 12.3. The number of carbonyl (C=O) groups excluding carboxylic acids is 1. The molecule has 0 fully saturated rings. The number of hydrogen-bond acceptors (Lipinski definition) is 6. The van der Waals surface area contributed by atoms with Crippen molar-refractivity contribution in [1.82, 2.24) is 19.7 Å². The molecule has 8 nitrogen and oxygen atoms in total. The van der Waals surface area contributed by atoms with Gasteiger partial charge in [-0.2, -0.15) is 5.10 Å². The molecule has 33 heavy (non-hydrogen) atoms. The van der Waals surface area contributed by atoms with Gasteiger partial charge in [-0.05, 0) is 75.1 Å². The molecule has 0 bridgehead atoms. The van der Waals surface area contributed by atoms with Crippen molar-refractivity contribution in [3.8, 4) is 17.4 Å². The number of rotatable bonds is 6. The first-order chi connectivity index (χ1) is 15.9. The Kier molecular flexibility index (Phi) is 6.60. The normalized spacial score (nSPS) is 10.7. The number of anilines is 2. The lowest BCUT2D eigenvalue weighted by molar-refractivity contribution is 0.262. The minimum Gasteiger partial charge on any atom is -0.439 e. The Morgan fingerprint density at radius 3 is 2.42 bits per heavy atom. The Hall–Kier alpha value is -3.85. The second-order valence-corrected chi connectivity index (χ2v) is 8.24. The minimum atomic E-state index is -0.317. The van der Waals surface area contributed by atoms with E-state index in [-0.39, 0.29) is 6.03 Å². The molecule has 0 saturated carbocycles. The summed E-state index contributed by atoms with van der Waals surface area (Å²) < 4.78 is 7.65. The van der Waals surface area contributed by atoms with Crippen LogP contribution in [0.4, 0.5) is 16.2 Å². The zero-order valence-corrected chi connectivity index (χ0v) is 19.6. The summed E-state index contributed by atoms with van der Waals surface area (Å²) in [4.78, 5) is 21.9. The topological polar surface area (TPSA) is 94.0 Å². The van der Waals surface area contributed by atoms with Crippen LogP contribution in [0.2, 0.25) is 0 Å². The average Bonchev–Trinajstić information content (AvgIpc) is 3.08. The second-order valence-electron chi connectivity index (χ2n) is 7.36. The van der Waals surface area contributed by atoms with Gasteiger partial charge in [0.05, 0.1) is 5.69 Å². The van der Waals surface area contributed by atoms with Gasteiger partial charge < -0.3 is 15.4 Å². The number of hydrogen-bond donors (Lipinski definition) is 2. The molecule has 0 aliphatic carbocycles. The maximum Gasteiger partial charge on any atom is 0.323 e. The molecule has 2 N–H and O–H groups in total. The summed E-state index contributed by atoms with van der Waals surface area (Å²) in [6.07, 6.45) is 3.44. The Morgan fingerprint density at radius 1 is 0.970 bits per heavy atom. The highest BCUT2D eigenvalue weighted by Crippen LogP contribution is 2.24. The van der Waals surface area contributed by atoms with Crippen LogP contribution in [0.15, 0.2) is 65.8 Å². The molecular weight excluding hydrogens is 436 g/mol. The van der Waals surface area contributed by atoms with Crippen molar-refractivity contribution >= 4 is 29.2 Å². The molecule has 0 unspecified atom stereocenters. The molecule has 168 valence electrons. The summed E-state index contributed by atoms with van der Waals surface area (Å²) in [6.45, 7) is 6.00. The molecule has 2 amide bonds. The Labute approximate surface area is 196 Å². The molecule has 9 heteroatoms. The van der Waals surface area contributed by atoms with Crippen LogP contribution >= 0.6 is 11.8 Å². The van der Waals surface area contributed by atoms with Crippen LogP contribution in [0, 0.1) is 20.8 Å². The number of carbonyl (C=O) groups is 1. The summed E-state index contributed by atoms with van der Waals surface area (Å²) in [6, 6.07) is 16.1. The van der Waals surface area contributed by atoms with Gasteiger partial charge in [0, 0.05) is 28.0 Å². The van der Waals surface area contributed by atoms with Gasteiger partial charge in [-0.1, -0.05) is 6.07 Å². The molecule has 2 aromatic carbocycles. The molecular formula is C24H24N6O2S. The zero-order valence-electron chi connectivity index (χ0n) is 18.8. The molecule has 0 aliphatic heterocycles. The average molecular weight is 461 g/mol. The van der Waals surface area contributed by atoms with E-state index < -0.39 is 0 Å². The standard InChI is InChI=1S/C24H24N6O2S/c1-15-16(2)29-30(17(15)3)22-13-23(26-14-25-22)32-20-10-8-18(9-11-20)27-24(31)28-19-6-5-7-21(12-19)33-4/h5-14H,1-4H3,(H2,27,28,31).